The number of aryl methyl sites for hydroxylation is 1. The Hall–Kier alpha value is -3.96. The Morgan fingerprint density at radius 3 is 2.69 bits per heavy atom. The first-order chi connectivity index (χ1) is 17.2. The molecule has 0 saturated heterocycles. The minimum absolute atomic E-state index is 0.0895. The molecule has 0 unspecified atom stereocenters. The molecule has 3 aromatic carbocycles. The molecule has 0 aliphatic rings. The van der Waals surface area contributed by atoms with Crippen molar-refractivity contribution in [1.82, 2.24) is 9.66 Å². The molecule has 4 aromatic rings. The normalized spacial score (nSPS) is 11.4. The van der Waals surface area contributed by atoms with E-state index in [-0.39, 0.29) is 17.0 Å². The Labute approximate surface area is 221 Å². The Bertz CT molecular complexity index is 1630. The molecule has 180 valence electrons. The monoisotopic (exact) mass is 610 g/mol. The Morgan fingerprint density at radius 1 is 1.14 bits per heavy atom. The van der Waals surface area contributed by atoms with Crippen molar-refractivity contribution in [2.45, 2.75) is 6.92 Å². The van der Waals surface area contributed by atoms with Crippen molar-refractivity contribution >= 4 is 66.7 Å². The molecule has 0 atom stereocenters. The van der Waals surface area contributed by atoms with E-state index in [1.807, 2.05) is 0 Å². The largest absolute Gasteiger partial charge is 0.421 e. The first kappa shape index (κ1) is 25.1. The number of rotatable bonds is 6. The SMILES string of the molecule is Cc1nc2ccccc2c(=O)n1N=Cc1cc(Br)cc(Br)c1OC(=O)/C=C/c1cccc([N+](=O)[O-])c1. The van der Waals surface area contributed by atoms with Gasteiger partial charge in [-0.1, -0.05) is 40.2 Å². The first-order valence-corrected chi connectivity index (χ1v) is 12.0. The van der Waals surface area contributed by atoms with Crippen LogP contribution in [0.2, 0.25) is 0 Å². The van der Waals surface area contributed by atoms with E-state index in [1.54, 1.807) is 49.4 Å². The average molecular weight is 612 g/mol. The third-order valence-electron chi connectivity index (χ3n) is 4.96. The van der Waals surface area contributed by atoms with Crippen LogP contribution >= 0.6 is 31.9 Å². The van der Waals surface area contributed by atoms with Crippen LogP contribution < -0.4 is 10.3 Å². The molecule has 11 heteroatoms. The number of halogens is 2. The molecular formula is C25H16Br2N4O5. The van der Waals surface area contributed by atoms with Crippen molar-refractivity contribution in [3.8, 4) is 5.75 Å². The summed E-state index contributed by atoms with van der Waals surface area (Å²) < 4.78 is 7.85. The van der Waals surface area contributed by atoms with Crippen molar-refractivity contribution in [1.29, 1.82) is 0 Å². The number of non-ortho nitro benzene ring substituents is 1. The number of nitro benzene ring substituents is 1. The maximum Gasteiger partial charge on any atom is 0.336 e. The van der Waals surface area contributed by atoms with Crippen LogP contribution in [-0.4, -0.2) is 26.8 Å². The molecule has 4 rings (SSSR count). The standard InChI is InChI=1S/C25H16Br2N4O5/c1-15-29-22-8-3-2-7-20(22)25(33)30(15)28-14-17-12-18(26)13-21(27)24(17)36-23(32)10-9-16-5-4-6-19(11-16)31(34)35/h2-14H,1H3/b10-9+,28-14?. The van der Waals surface area contributed by atoms with E-state index in [2.05, 4.69) is 41.9 Å². The molecule has 0 radical (unpaired) electrons. The van der Waals surface area contributed by atoms with Crippen molar-refractivity contribution in [2.75, 3.05) is 0 Å². The summed E-state index contributed by atoms with van der Waals surface area (Å²) in [6, 6.07) is 16.2. The fraction of sp³-hybridized carbons (Fsp3) is 0.0400. The number of carbonyl (C=O) groups is 1. The minimum Gasteiger partial charge on any atom is -0.421 e. The van der Waals surface area contributed by atoms with Gasteiger partial charge >= 0.3 is 5.97 Å². The number of nitrogens with zero attached hydrogens (tertiary/aromatic N) is 4. The highest BCUT2D eigenvalue weighted by atomic mass is 79.9. The molecular weight excluding hydrogens is 596 g/mol. The van der Waals surface area contributed by atoms with Crippen LogP contribution in [0.15, 0.2) is 85.6 Å². The number of hydrogen-bond acceptors (Lipinski definition) is 7. The summed E-state index contributed by atoms with van der Waals surface area (Å²) in [5, 5.41) is 15.7. The van der Waals surface area contributed by atoms with Gasteiger partial charge in [-0.25, -0.2) is 9.78 Å². The van der Waals surface area contributed by atoms with Gasteiger partial charge in [-0.15, -0.1) is 0 Å². The number of para-hydroxylation sites is 1. The summed E-state index contributed by atoms with van der Waals surface area (Å²) in [6.07, 6.45) is 3.98. The molecule has 0 N–H and O–H groups in total. The van der Waals surface area contributed by atoms with Gasteiger partial charge < -0.3 is 4.74 Å². The van der Waals surface area contributed by atoms with Crippen LogP contribution in [0.3, 0.4) is 0 Å². The van der Waals surface area contributed by atoms with Crippen LogP contribution in [0.1, 0.15) is 17.0 Å². The predicted molar refractivity (Wildman–Crippen MR) is 143 cm³/mol. The lowest BCUT2D eigenvalue weighted by Crippen LogP contribution is -2.20. The number of carbonyl (C=O) groups excluding carboxylic acids is 1. The summed E-state index contributed by atoms with van der Waals surface area (Å²) in [5.74, 6) is -0.141. The summed E-state index contributed by atoms with van der Waals surface area (Å²) in [6.45, 7) is 1.67. The number of ether oxygens (including phenoxy) is 1. The van der Waals surface area contributed by atoms with Crippen molar-refractivity contribution in [3.05, 3.63) is 113 Å². The molecule has 0 saturated carbocycles. The average Bonchev–Trinajstić information content (AvgIpc) is 2.84. The molecule has 0 aliphatic heterocycles. The maximum atomic E-state index is 12.9. The fourth-order valence-corrected chi connectivity index (χ4v) is 4.65. The highest BCUT2D eigenvalue weighted by Gasteiger charge is 2.14. The summed E-state index contributed by atoms with van der Waals surface area (Å²) in [7, 11) is 0. The smallest absolute Gasteiger partial charge is 0.336 e. The van der Waals surface area contributed by atoms with Crippen molar-refractivity contribution < 1.29 is 14.5 Å². The highest BCUT2D eigenvalue weighted by molar-refractivity contribution is 9.11. The third kappa shape index (κ3) is 5.64. The zero-order chi connectivity index (χ0) is 25.8. The number of benzene rings is 3. The Balaban J connectivity index is 1.64. The van der Waals surface area contributed by atoms with E-state index < -0.39 is 10.9 Å². The number of esters is 1. The summed E-state index contributed by atoms with van der Waals surface area (Å²) in [4.78, 5) is 40.3. The van der Waals surface area contributed by atoms with Gasteiger partial charge in [0.2, 0.25) is 0 Å². The Kier molecular flexibility index (Phi) is 7.51. The molecule has 9 nitrogen and oxygen atoms in total. The number of nitro groups is 1. The summed E-state index contributed by atoms with van der Waals surface area (Å²) >= 11 is 6.79. The van der Waals surface area contributed by atoms with E-state index >= 15 is 0 Å². The minimum atomic E-state index is -0.708. The van der Waals surface area contributed by atoms with E-state index in [0.717, 1.165) is 6.08 Å². The molecule has 0 fully saturated rings. The van der Waals surface area contributed by atoms with Gasteiger partial charge in [-0.3, -0.25) is 14.9 Å². The van der Waals surface area contributed by atoms with Gasteiger partial charge in [-0.05, 0) is 58.8 Å². The molecule has 1 heterocycles. The van der Waals surface area contributed by atoms with Crippen LogP contribution in [0.5, 0.6) is 5.75 Å². The molecule has 0 spiro atoms. The van der Waals surface area contributed by atoms with E-state index in [0.29, 0.717) is 36.8 Å². The molecule has 0 bridgehead atoms. The second-order valence-corrected chi connectivity index (χ2v) is 9.22. The first-order valence-electron chi connectivity index (χ1n) is 10.4. The van der Waals surface area contributed by atoms with Gasteiger partial charge in [0.25, 0.3) is 11.2 Å². The zero-order valence-electron chi connectivity index (χ0n) is 18.6. The third-order valence-corrected chi connectivity index (χ3v) is 6.01. The van der Waals surface area contributed by atoms with Gasteiger partial charge in [-0.2, -0.15) is 9.78 Å². The fourth-order valence-electron chi connectivity index (χ4n) is 3.32. The van der Waals surface area contributed by atoms with Crippen molar-refractivity contribution in [2.24, 2.45) is 5.10 Å². The topological polar surface area (TPSA) is 117 Å². The second kappa shape index (κ2) is 10.8. The van der Waals surface area contributed by atoms with E-state index in [4.69, 9.17) is 4.74 Å². The second-order valence-electron chi connectivity index (χ2n) is 7.45. The molecule has 0 aliphatic carbocycles. The van der Waals surface area contributed by atoms with Crippen LogP contribution in [0, 0.1) is 17.0 Å². The van der Waals surface area contributed by atoms with Gasteiger partial charge in [0.1, 0.15) is 5.82 Å². The van der Waals surface area contributed by atoms with Gasteiger partial charge in [0.05, 0.1) is 26.5 Å². The zero-order valence-corrected chi connectivity index (χ0v) is 21.8. The molecule has 36 heavy (non-hydrogen) atoms. The lowest BCUT2D eigenvalue weighted by Gasteiger charge is -2.10. The lowest BCUT2D eigenvalue weighted by molar-refractivity contribution is -0.384. The van der Waals surface area contributed by atoms with Crippen LogP contribution in [0.25, 0.3) is 17.0 Å². The Morgan fingerprint density at radius 2 is 1.92 bits per heavy atom. The number of aromatic nitrogens is 2. The van der Waals surface area contributed by atoms with Crippen LogP contribution in [0.4, 0.5) is 5.69 Å². The molecule has 0 amide bonds. The van der Waals surface area contributed by atoms with Gasteiger partial charge in [0, 0.05) is 28.2 Å². The van der Waals surface area contributed by atoms with E-state index in [1.165, 1.54) is 35.2 Å². The molecule has 1 aromatic heterocycles. The summed E-state index contributed by atoms with van der Waals surface area (Å²) in [5.41, 5.74) is 1.03. The predicted octanol–water partition coefficient (Wildman–Crippen LogP) is 5.64. The van der Waals surface area contributed by atoms with Gasteiger partial charge in [0.15, 0.2) is 5.75 Å². The number of fused-ring (bicyclic) bond motifs is 1. The quantitative estimate of drug-likeness (QED) is 0.0696. The lowest BCUT2D eigenvalue weighted by atomic mass is 10.2. The van der Waals surface area contributed by atoms with Crippen molar-refractivity contribution in [3.63, 3.8) is 0 Å². The van der Waals surface area contributed by atoms with E-state index in [9.17, 15) is 19.7 Å². The van der Waals surface area contributed by atoms with Crippen LogP contribution in [-0.2, 0) is 4.79 Å². The highest BCUT2D eigenvalue weighted by Crippen LogP contribution is 2.32. The number of hydrogen-bond donors (Lipinski definition) is 0. The maximum absolute atomic E-state index is 12.9.